The van der Waals surface area contributed by atoms with Crippen molar-refractivity contribution >= 4 is 18.3 Å². The molecule has 0 aliphatic carbocycles. The monoisotopic (exact) mass is 435 g/mol. The maximum atomic E-state index is 12.6. The Balaban J connectivity index is 0.000000858. The van der Waals surface area contributed by atoms with E-state index in [4.69, 9.17) is 14.4 Å². The minimum atomic E-state index is -0.286. The smallest absolute Gasteiger partial charge is 0.290 e. The quantitative estimate of drug-likeness (QED) is 0.657. The second-order valence-corrected chi connectivity index (χ2v) is 8.50. The normalized spacial score (nSPS) is 23.2. The lowest BCUT2D eigenvalue weighted by molar-refractivity contribution is -0.136. The van der Waals surface area contributed by atoms with Gasteiger partial charge in [-0.3, -0.25) is 19.3 Å². The van der Waals surface area contributed by atoms with E-state index >= 15 is 0 Å². The summed E-state index contributed by atoms with van der Waals surface area (Å²) in [4.78, 5) is 41.1. The molecule has 0 spiro atoms. The van der Waals surface area contributed by atoms with Crippen LogP contribution in [-0.4, -0.2) is 75.6 Å². The molecule has 4 rings (SSSR count). The highest BCUT2D eigenvalue weighted by Gasteiger charge is 2.35. The molecule has 172 valence electrons. The molecular weight excluding hydrogens is 402 g/mol. The van der Waals surface area contributed by atoms with E-state index in [9.17, 15) is 9.59 Å². The van der Waals surface area contributed by atoms with E-state index in [0.29, 0.717) is 24.7 Å². The number of amides is 2. The van der Waals surface area contributed by atoms with Crippen molar-refractivity contribution in [1.29, 1.82) is 0 Å². The van der Waals surface area contributed by atoms with Gasteiger partial charge in [0.05, 0.1) is 6.54 Å². The van der Waals surface area contributed by atoms with Crippen LogP contribution in [0, 0.1) is 11.8 Å². The van der Waals surface area contributed by atoms with Gasteiger partial charge in [0.2, 0.25) is 17.7 Å². The zero-order chi connectivity index (χ0) is 22.2. The van der Waals surface area contributed by atoms with Crippen LogP contribution in [0.1, 0.15) is 57.2 Å². The van der Waals surface area contributed by atoms with E-state index in [2.05, 4.69) is 20.4 Å². The molecule has 1 aromatic heterocycles. The number of hydrogen-bond acceptors (Lipinski definition) is 7. The minimum Gasteiger partial charge on any atom is -0.483 e. The van der Waals surface area contributed by atoms with Crippen molar-refractivity contribution in [3.63, 3.8) is 0 Å². The molecule has 3 aliphatic heterocycles. The van der Waals surface area contributed by atoms with E-state index < -0.39 is 0 Å². The summed E-state index contributed by atoms with van der Waals surface area (Å²) in [6.45, 7) is 6.36. The zero-order valence-corrected chi connectivity index (χ0v) is 18.2. The van der Waals surface area contributed by atoms with Gasteiger partial charge in [-0.15, -0.1) is 0 Å². The number of likely N-dealkylation sites (tertiary alicyclic amines) is 2. The van der Waals surface area contributed by atoms with Crippen LogP contribution in [0.25, 0.3) is 0 Å². The lowest BCUT2D eigenvalue weighted by Crippen LogP contribution is -2.48. The minimum absolute atomic E-state index is 0.00624. The molecule has 2 amide bonds. The summed E-state index contributed by atoms with van der Waals surface area (Å²) in [5, 5.41) is 13.8. The molecule has 0 radical (unpaired) electrons. The lowest BCUT2D eigenvalue weighted by atomic mass is 9.78. The van der Waals surface area contributed by atoms with Crippen molar-refractivity contribution in [2.24, 2.45) is 11.8 Å². The van der Waals surface area contributed by atoms with Crippen molar-refractivity contribution < 1.29 is 24.0 Å². The highest BCUT2D eigenvalue weighted by molar-refractivity contribution is 5.90. The van der Waals surface area contributed by atoms with Crippen LogP contribution in [0.3, 0.4) is 0 Å². The third-order valence-corrected chi connectivity index (χ3v) is 6.62. The standard InChI is InChI=1S/C20H31N5O3.CH2O2/c1-2-19-22-17(23-28-19)13-24-9-5-14(6-10-24)15-7-11-25(12-8-15)20(27)16-3-4-18(26)21-16;2-1-3/h14-16H,2-13H2,1H3,(H,21,26);1H,(H,2,3). The van der Waals surface area contributed by atoms with Crippen LogP contribution in [0.4, 0.5) is 0 Å². The third-order valence-electron chi connectivity index (χ3n) is 6.62. The molecule has 31 heavy (non-hydrogen) atoms. The molecule has 1 atom stereocenters. The van der Waals surface area contributed by atoms with Crippen LogP contribution in [0.2, 0.25) is 0 Å². The Morgan fingerprint density at radius 2 is 1.77 bits per heavy atom. The molecule has 2 N–H and O–H groups in total. The highest BCUT2D eigenvalue weighted by Crippen LogP contribution is 2.33. The van der Waals surface area contributed by atoms with Crippen molar-refractivity contribution in [3.05, 3.63) is 11.7 Å². The second kappa shape index (κ2) is 11.2. The summed E-state index contributed by atoms with van der Waals surface area (Å²) in [5.74, 6) is 3.08. The third kappa shape index (κ3) is 6.25. The summed E-state index contributed by atoms with van der Waals surface area (Å²) in [5.41, 5.74) is 0. The number of hydrogen-bond donors (Lipinski definition) is 2. The SMILES string of the molecule is CCc1nc(CN2CCC(C3CCN(C(=O)C4CCC(=O)N4)CC3)CC2)no1.O=CO. The first-order valence-electron chi connectivity index (χ1n) is 11.2. The molecule has 10 nitrogen and oxygen atoms in total. The topological polar surface area (TPSA) is 129 Å². The molecule has 0 bridgehead atoms. The van der Waals surface area contributed by atoms with E-state index in [1.165, 1.54) is 12.8 Å². The fraction of sp³-hybridized carbons (Fsp3) is 0.762. The van der Waals surface area contributed by atoms with Gasteiger partial charge in [-0.05, 0) is 57.0 Å². The molecule has 3 aliphatic rings. The number of nitrogens with zero attached hydrogens (tertiary/aromatic N) is 4. The van der Waals surface area contributed by atoms with Gasteiger partial charge in [0.1, 0.15) is 6.04 Å². The summed E-state index contributed by atoms with van der Waals surface area (Å²) in [6, 6.07) is -0.286. The van der Waals surface area contributed by atoms with Gasteiger partial charge >= 0.3 is 0 Å². The van der Waals surface area contributed by atoms with Gasteiger partial charge in [-0.1, -0.05) is 12.1 Å². The van der Waals surface area contributed by atoms with E-state index in [-0.39, 0.29) is 24.3 Å². The summed E-state index contributed by atoms with van der Waals surface area (Å²) in [6.07, 6.45) is 6.49. The first-order chi connectivity index (χ1) is 15.0. The largest absolute Gasteiger partial charge is 0.483 e. The van der Waals surface area contributed by atoms with Crippen LogP contribution in [-0.2, 0) is 27.3 Å². The number of carboxylic acid groups (broad SMARTS) is 1. The summed E-state index contributed by atoms with van der Waals surface area (Å²) < 4.78 is 5.20. The number of carbonyl (C=O) groups excluding carboxylic acids is 2. The molecule has 1 unspecified atom stereocenters. The molecular formula is C21H33N5O5. The average molecular weight is 436 g/mol. The van der Waals surface area contributed by atoms with Crippen LogP contribution < -0.4 is 5.32 Å². The molecule has 3 fully saturated rings. The Labute approximate surface area is 182 Å². The number of piperidine rings is 2. The van der Waals surface area contributed by atoms with Crippen molar-refractivity contribution in [1.82, 2.24) is 25.3 Å². The number of carbonyl (C=O) groups is 3. The molecule has 4 heterocycles. The fourth-order valence-corrected chi connectivity index (χ4v) is 4.89. The Hall–Kier alpha value is -2.49. The van der Waals surface area contributed by atoms with Crippen LogP contribution in [0.15, 0.2) is 4.52 Å². The Kier molecular flexibility index (Phi) is 8.39. The zero-order valence-electron chi connectivity index (χ0n) is 18.2. The summed E-state index contributed by atoms with van der Waals surface area (Å²) >= 11 is 0. The van der Waals surface area contributed by atoms with Crippen molar-refractivity contribution in [2.75, 3.05) is 26.2 Å². The predicted molar refractivity (Wildman–Crippen MR) is 111 cm³/mol. The molecule has 0 saturated carbocycles. The molecule has 0 aromatic carbocycles. The molecule has 10 heteroatoms. The Bertz CT molecular complexity index is 738. The average Bonchev–Trinajstić information content (AvgIpc) is 3.43. The lowest BCUT2D eigenvalue weighted by Gasteiger charge is -2.40. The van der Waals surface area contributed by atoms with E-state index in [0.717, 1.165) is 63.7 Å². The molecule has 3 saturated heterocycles. The van der Waals surface area contributed by atoms with Gasteiger partial charge in [0, 0.05) is 25.9 Å². The number of aryl methyl sites for hydroxylation is 1. The number of aromatic nitrogens is 2. The van der Waals surface area contributed by atoms with Gasteiger partial charge in [0.25, 0.3) is 6.47 Å². The van der Waals surface area contributed by atoms with Crippen molar-refractivity contribution in [2.45, 2.75) is 64.5 Å². The highest BCUT2D eigenvalue weighted by atomic mass is 16.5. The van der Waals surface area contributed by atoms with Gasteiger partial charge in [-0.25, -0.2) is 0 Å². The van der Waals surface area contributed by atoms with Crippen LogP contribution in [0.5, 0.6) is 0 Å². The first kappa shape index (κ1) is 23.2. The van der Waals surface area contributed by atoms with E-state index in [1.807, 2.05) is 11.8 Å². The molecule has 1 aromatic rings. The van der Waals surface area contributed by atoms with Gasteiger partial charge < -0.3 is 19.8 Å². The second-order valence-electron chi connectivity index (χ2n) is 8.50. The maximum Gasteiger partial charge on any atom is 0.290 e. The van der Waals surface area contributed by atoms with E-state index in [1.54, 1.807) is 0 Å². The maximum absolute atomic E-state index is 12.6. The number of rotatable bonds is 5. The Morgan fingerprint density at radius 1 is 1.16 bits per heavy atom. The summed E-state index contributed by atoms with van der Waals surface area (Å²) in [7, 11) is 0. The van der Waals surface area contributed by atoms with Crippen LogP contribution >= 0.6 is 0 Å². The Morgan fingerprint density at radius 3 is 2.29 bits per heavy atom. The van der Waals surface area contributed by atoms with Gasteiger partial charge in [0.15, 0.2) is 5.82 Å². The predicted octanol–water partition coefficient (Wildman–Crippen LogP) is 1.06. The first-order valence-corrected chi connectivity index (χ1v) is 11.2. The van der Waals surface area contributed by atoms with Crippen molar-refractivity contribution in [3.8, 4) is 0 Å². The number of nitrogens with one attached hydrogen (secondary N) is 1. The van der Waals surface area contributed by atoms with Gasteiger partial charge in [-0.2, -0.15) is 4.98 Å². The fourth-order valence-electron chi connectivity index (χ4n) is 4.89.